The van der Waals surface area contributed by atoms with Gasteiger partial charge < -0.3 is 10.8 Å². The number of phenolic OH excluding ortho intramolecular Hbond substituents is 1. The highest BCUT2D eigenvalue weighted by Crippen LogP contribution is 2.30. The largest absolute Gasteiger partial charge is 0.507 e. The molecule has 0 aliphatic rings. The molecule has 24 heavy (non-hydrogen) atoms. The Morgan fingerprint density at radius 2 is 1.62 bits per heavy atom. The Labute approximate surface area is 139 Å². The molecule has 3 rings (SSSR count). The zero-order valence-electron chi connectivity index (χ0n) is 12.6. The van der Waals surface area contributed by atoms with Gasteiger partial charge in [0.05, 0.1) is 11.4 Å². The predicted molar refractivity (Wildman–Crippen MR) is 90.9 cm³/mol. The number of rotatable bonds is 4. The molecule has 122 valence electrons. The van der Waals surface area contributed by atoms with Crippen LogP contribution in [-0.4, -0.2) is 23.7 Å². The molecule has 3 N–H and O–H groups in total. The molecule has 0 aliphatic heterocycles. The third-order valence-electron chi connectivity index (χ3n) is 3.50. The van der Waals surface area contributed by atoms with Gasteiger partial charge in [0, 0.05) is 5.56 Å². The molecule has 0 spiro atoms. The van der Waals surface area contributed by atoms with Crippen LogP contribution in [-0.2, 0) is 15.6 Å². The van der Waals surface area contributed by atoms with Crippen molar-refractivity contribution in [2.45, 2.75) is 10.6 Å². The third-order valence-corrected chi connectivity index (χ3v) is 5.21. The van der Waals surface area contributed by atoms with Crippen molar-refractivity contribution in [1.29, 1.82) is 0 Å². The zero-order chi connectivity index (χ0) is 17.2. The van der Waals surface area contributed by atoms with Crippen molar-refractivity contribution >= 4 is 15.7 Å². The summed E-state index contributed by atoms with van der Waals surface area (Å²) in [4.78, 5) is -0.0976. The van der Waals surface area contributed by atoms with Crippen molar-refractivity contribution in [2.24, 2.45) is 0 Å². The number of hydrogen-bond acceptors (Lipinski definition) is 6. The van der Waals surface area contributed by atoms with E-state index >= 15 is 0 Å². The van der Waals surface area contributed by atoms with Crippen LogP contribution in [0, 0.1) is 0 Å². The molecule has 1 aromatic heterocycles. The molecule has 0 radical (unpaired) electrons. The van der Waals surface area contributed by atoms with E-state index < -0.39 is 9.84 Å². The SMILES string of the molecule is Nc1nnc(-c2ccccc2O)cc1S(=O)(=O)Cc1ccccc1. The molecule has 0 saturated carbocycles. The summed E-state index contributed by atoms with van der Waals surface area (Å²) in [5.74, 6) is -0.364. The highest BCUT2D eigenvalue weighted by molar-refractivity contribution is 7.90. The van der Waals surface area contributed by atoms with Crippen molar-refractivity contribution < 1.29 is 13.5 Å². The highest BCUT2D eigenvalue weighted by atomic mass is 32.2. The fourth-order valence-electron chi connectivity index (χ4n) is 2.33. The first-order valence-electron chi connectivity index (χ1n) is 7.15. The van der Waals surface area contributed by atoms with E-state index in [1.807, 2.05) is 6.07 Å². The number of sulfone groups is 1. The van der Waals surface area contributed by atoms with Gasteiger partial charge in [-0.3, -0.25) is 0 Å². The van der Waals surface area contributed by atoms with E-state index in [9.17, 15) is 13.5 Å². The number of para-hydroxylation sites is 1. The average Bonchev–Trinajstić information content (AvgIpc) is 2.56. The van der Waals surface area contributed by atoms with Gasteiger partial charge in [-0.2, -0.15) is 0 Å². The van der Waals surface area contributed by atoms with E-state index in [0.717, 1.165) is 0 Å². The molecular weight excluding hydrogens is 326 g/mol. The molecular formula is C17H15N3O3S. The molecule has 0 fully saturated rings. The highest BCUT2D eigenvalue weighted by Gasteiger charge is 2.21. The monoisotopic (exact) mass is 341 g/mol. The quantitative estimate of drug-likeness (QED) is 0.755. The molecule has 7 heteroatoms. The maximum absolute atomic E-state index is 12.7. The summed E-state index contributed by atoms with van der Waals surface area (Å²) in [6.07, 6.45) is 0. The van der Waals surface area contributed by atoms with E-state index in [1.165, 1.54) is 12.1 Å². The summed E-state index contributed by atoms with van der Waals surface area (Å²) in [6.45, 7) is 0. The minimum Gasteiger partial charge on any atom is -0.507 e. The Balaban J connectivity index is 2.05. The van der Waals surface area contributed by atoms with Crippen molar-refractivity contribution in [1.82, 2.24) is 10.2 Å². The van der Waals surface area contributed by atoms with Crippen LogP contribution in [0.2, 0.25) is 0 Å². The fourth-order valence-corrected chi connectivity index (χ4v) is 3.76. The molecule has 0 aliphatic carbocycles. The van der Waals surface area contributed by atoms with Gasteiger partial charge in [-0.1, -0.05) is 42.5 Å². The molecule has 3 aromatic rings. The fraction of sp³-hybridized carbons (Fsp3) is 0.0588. The van der Waals surface area contributed by atoms with Crippen LogP contribution in [0.4, 0.5) is 5.82 Å². The normalized spacial score (nSPS) is 11.3. The van der Waals surface area contributed by atoms with Gasteiger partial charge in [-0.25, -0.2) is 8.42 Å². The molecule has 2 aromatic carbocycles. The number of anilines is 1. The van der Waals surface area contributed by atoms with E-state index in [-0.39, 0.29) is 27.9 Å². The van der Waals surface area contributed by atoms with Gasteiger partial charge in [0.25, 0.3) is 0 Å². The molecule has 0 saturated heterocycles. The zero-order valence-corrected chi connectivity index (χ0v) is 13.4. The Morgan fingerprint density at radius 3 is 2.33 bits per heavy atom. The van der Waals surface area contributed by atoms with Gasteiger partial charge in [-0.15, -0.1) is 10.2 Å². The first kappa shape index (κ1) is 15.9. The average molecular weight is 341 g/mol. The third kappa shape index (κ3) is 3.21. The number of nitrogen functional groups attached to an aromatic ring is 1. The lowest BCUT2D eigenvalue weighted by molar-refractivity contribution is 0.477. The van der Waals surface area contributed by atoms with Crippen LogP contribution in [0.1, 0.15) is 5.56 Å². The van der Waals surface area contributed by atoms with E-state index in [2.05, 4.69) is 10.2 Å². The van der Waals surface area contributed by atoms with Gasteiger partial charge in [0.15, 0.2) is 15.7 Å². The number of aromatic hydroxyl groups is 1. The summed E-state index contributed by atoms with van der Waals surface area (Å²) in [5.41, 5.74) is 7.02. The minimum atomic E-state index is -3.70. The predicted octanol–water partition coefficient (Wildman–Crippen LogP) is 2.41. The van der Waals surface area contributed by atoms with Crippen molar-refractivity contribution in [3.05, 3.63) is 66.2 Å². The number of phenols is 1. The van der Waals surface area contributed by atoms with Crippen LogP contribution >= 0.6 is 0 Å². The molecule has 0 amide bonds. The summed E-state index contributed by atoms with van der Waals surface area (Å²) >= 11 is 0. The van der Waals surface area contributed by atoms with Crippen LogP contribution in [0.3, 0.4) is 0 Å². The Kier molecular flexibility index (Phi) is 4.18. The Bertz CT molecular complexity index is 973. The molecule has 6 nitrogen and oxygen atoms in total. The lowest BCUT2D eigenvalue weighted by Crippen LogP contribution is -2.10. The Hall–Kier alpha value is -2.93. The van der Waals surface area contributed by atoms with E-state index in [4.69, 9.17) is 5.73 Å². The second-order valence-corrected chi connectivity index (χ2v) is 7.20. The summed E-state index contributed by atoms with van der Waals surface area (Å²) in [7, 11) is -3.70. The van der Waals surface area contributed by atoms with E-state index in [1.54, 1.807) is 42.5 Å². The molecule has 0 bridgehead atoms. The van der Waals surface area contributed by atoms with Crippen LogP contribution in [0.15, 0.2) is 65.6 Å². The van der Waals surface area contributed by atoms with Gasteiger partial charge in [0.2, 0.25) is 0 Å². The maximum Gasteiger partial charge on any atom is 0.186 e. The van der Waals surface area contributed by atoms with Gasteiger partial charge in [-0.05, 0) is 23.8 Å². The van der Waals surface area contributed by atoms with Gasteiger partial charge in [0.1, 0.15) is 10.6 Å². The first-order valence-corrected chi connectivity index (χ1v) is 8.81. The minimum absolute atomic E-state index is 0.0111. The summed E-state index contributed by atoms with van der Waals surface area (Å²) in [5, 5.41) is 17.5. The lowest BCUT2D eigenvalue weighted by Gasteiger charge is -2.09. The standard InChI is InChI=1S/C17H15N3O3S/c18-17-16(24(22,23)11-12-6-2-1-3-7-12)10-14(19-20-17)13-8-4-5-9-15(13)21/h1-10,21H,11H2,(H2,18,20). The smallest absolute Gasteiger partial charge is 0.186 e. The maximum atomic E-state index is 12.7. The first-order chi connectivity index (χ1) is 11.5. The number of nitrogens with two attached hydrogens (primary N) is 1. The second-order valence-electron chi connectivity index (χ2n) is 5.24. The van der Waals surface area contributed by atoms with Gasteiger partial charge >= 0.3 is 0 Å². The molecule has 1 heterocycles. The second kappa shape index (κ2) is 6.29. The van der Waals surface area contributed by atoms with Crippen molar-refractivity contribution in [2.75, 3.05) is 5.73 Å². The van der Waals surface area contributed by atoms with Crippen molar-refractivity contribution in [3.8, 4) is 17.0 Å². The topological polar surface area (TPSA) is 106 Å². The number of aromatic nitrogens is 2. The van der Waals surface area contributed by atoms with E-state index in [0.29, 0.717) is 11.1 Å². The lowest BCUT2D eigenvalue weighted by atomic mass is 10.1. The van der Waals surface area contributed by atoms with Crippen LogP contribution in [0.5, 0.6) is 5.75 Å². The van der Waals surface area contributed by atoms with Crippen LogP contribution < -0.4 is 5.73 Å². The number of nitrogens with zero attached hydrogens (tertiary/aromatic N) is 2. The number of hydrogen-bond donors (Lipinski definition) is 2. The summed E-state index contributed by atoms with van der Waals surface area (Å²) < 4.78 is 25.4. The Morgan fingerprint density at radius 1 is 0.958 bits per heavy atom. The molecule has 0 unspecified atom stereocenters. The van der Waals surface area contributed by atoms with Crippen molar-refractivity contribution in [3.63, 3.8) is 0 Å². The summed E-state index contributed by atoms with van der Waals surface area (Å²) in [6, 6.07) is 16.7. The molecule has 0 atom stereocenters. The van der Waals surface area contributed by atoms with Crippen LogP contribution in [0.25, 0.3) is 11.3 Å². The number of benzene rings is 2.